The summed E-state index contributed by atoms with van der Waals surface area (Å²) < 4.78 is 11.4. The minimum absolute atomic E-state index is 0.353. The van der Waals surface area contributed by atoms with Crippen molar-refractivity contribution in [2.45, 2.75) is 26.9 Å². The highest BCUT2D eigenvalue weighted by molar-refractivity contribution is 7.44. The van der Waals surface area contributed by atoms with Crippen LogP contribution >= 0.6 is 8.53 Å². The van der Waals surface area contributed by atoms with E-state index in [0.29, 0.717) is 19.6 Å². The van der Waals surface area contributed by atoms with Crippen molar-refractivity contribution in [1.82, 2.24) is 15.1 Å². The van der Waals surface area contributed by atoms with Crippen molar-refractivity contribution in [1.29, 1.82) is 5.26 Å². The molecule has 0 saturated carbocycles. The second-order valence-corrected chi connectivity index (χ2v) is 6.40. The summed E-state index contributed by atoms with van der Waals surface area (Å²) in [6.07, 6.45) is 3.89. The fraction of sp³-hybridized carbons (Fsp3) is 0.353. The Morgan fingerprint density at radius 3 is 2.62 bits per heavy atom. The zero-order valence-corrected chi connectivity index (χ0v) is 14.8. The van der Waals surface area contributed by atoms with Gasteiger partial charge in [-0.15, -0.1) is 0 Å². The van der Waals surface area contributed by atoms with Crippen LogP contribution in [-0.2, 0) is 15.7 Å². The first kappa shape index (κ1) is 18.4. The molecule has 1 N–H and O–H groups in total. The number of rotatable bonds is 9. The van der Waals surface area contributed by atoms with Crippen LogP contribution in [0.25, 0.3) is 11.4 Å². The standard InChI is InChI=1S/C17H21N4O2P/c1-3-21-24(22-10-4-7-18)23-13-15-6-9-20-17(12-15)16-11-14(2)5-8-19-16/h5-6,8-9,11-12,21H,3-4,10,13H2,1-2H3. The molecule has 1 atom stereocenters. The number of aromatic nitrogens is 2. The van der Waals surface area contributed by atoms with Gasteiger partial charge in [-0.2, -0.15) is 5.26 Å². The van der Waals surface area contributed by atoms with Crippen molar-refractivity contribution in [3.8, 4) is 17.5 Å². The van der Waals surface area contributed by atoms with Crippen LogP contribution in [-0.4, -0.2) is 23.1 Å². The molecule has 0 aliphatic carbocycles. The molecule has 0 aliphatic rings. The molecule has 2 aromatic rings. The predicted octanol–water partition coefficient (Wildman–Crippen LogP) is 3.74. The summed E-state index contributed by atoms with van der Waals surface area (Å²) in [5.41, 5.74) is 3.80. The molecular weight excluding hydrogens is 323 g/mol. The van der Waals surface area contributed by atoms with Crippen LogP contribution in [0.5, 0.6) is 0 Å². The third-order valence-electron chi connectivity index (χ3n) is 3.06. The number of hydrogen-bond donors (Lipinski definition) is 1. The lowest BCUT2D eigenvalue weighted by Crippen LogP contribution is -2.10. The van der Waals surface area contributed by atoms with Gasteiger partial charge in [0, 0.05) is 18.9 Å². The number of pyridine rings is 2. The molecule has 0 aliphatic heterocycles. The SMILES string of the molecule is CCNP(OCCC#N)OCc1ccnc(-c2cc(C)ccn2)c1. The maximum atomic E-state index is 8.58. The lowest BCUT2D eigenvalue weighted by molar-refractivity contribution is 0.239. The number of aryl methyl sites for hydroxylation is 1. The summed E-state index contributed by atoms with van der Waals surface area (Å²) in [5.74, 6) is 0. The van der Waals surface area contributed by atoms with Gasteiger partial charge in [0.1, 0.15) is 0 Å². The highest BCUT2D eigenvalue weighted by Crippen LogP contribution is 2.34. The third-order valence-corrected chi connectivity index (χ3v) is 4.42. The fourth-order valence-corrected chi connectivity index (χ4v) is 2.98. The van der Waals surface area contributed by atoms with Gasteiger partial charge in [-0.3, -0.25) is 15.1 Å². The summed E-state index contributed by atoms with van der Waals surface area (Å²) >= 11 is 0. The van der Waals surface area contributed by atoms with E-state index in [-0.39, 0.29) is 0 Å². The maximum Gasteiger partial charge on any atom is 0.256 e. The van der Waals surface area contributed by atoms with E-state index in [9.17, 15) is 0 Å². The van der Waals surface area contributed by atoms with Crippen LogP contribution in [0.1, 0.15) is 24.5 Å². The van der Waals surface area contributed by atoms with Crippen LogP contribution in [0.4, 0.5) is 0 Å². The molecule has 24 heavy (non-hydrogen) atoms. The average Bonchev–Trinajstić information content (AvgIpc) is 2.60. The molecule has 0 fully saturated rings. The van der Waals surface area contributed by atoms with E-state index in [1.807, 2.05) is 38.1 Å². The van der Waals surface area contributed by atoms with Crippen LogP contribution in [0.3, 0.4) is 0 Å². The highest BCUT2D eigenvalue weighted by atomic mass is 31.2. The van der Waals surface area contributed by atoms with Gasteiger partial charge in [-0.25, -0.2) is 0 Å². The van der Waals surface area contributed by atoms with E-state index in [2.05, 4.69) is 21.1 Å². The summed E-state index contributed by atoms with van der Waals surface area (Å²) in [4.78, 5) is 8.74. The molecule has 0 bridgehead atoms. The van der Waals surface area contributed by atoms with E-state index in [1.54, 1.807) is 12.4 Å². The molecule has 1 unspecified atom stereocenters. The second kappa shape index (κ2) is 10.1. The molecule has 2 heterocycles. The van der Waals surface area contributed by atoms with Gasteiger partial charge in [0.05, 0.1) is 37.1 Å². The highest BCUT2D eigenvalue weighted by Gasteiger charge is 2.10. The van der Waals surface area contributed by atoms with Gasteiger partial charge in [-0.05, 0) is 42.3 Å². The molecule has 0 amide bonds. The Hall–Kier alpha value is -1.90. The fourth-order valence-electron chi connectivity index (χ4n) is 1.95. The van der Waals surface area contributed by atoms with E-state index >= 15 is 0 Å². The van der Waals surface area contributed by atoms with Gasteiger partial charge in [0.2, 0.25) is 0 Å². The quantitative estimate of drug-likeness (QED) is 0.551. The molecule has 0 spiro atoms. The van der Waals surface area contributed by atoms with E-state index in [1.165, 1.54) is 0 Å². The predicted molar refractivity (Wildman–Crippen MR) is 93.8 cm³/mol. The van der Waals surface area contributed by atoms with E-state index in [0.717, 1.165) is 29.1 Å². The van der Waals surface area contributed by atoms with Crippen molar-refractivity contribution in [3.63, 3.8) is 0 Å². The Kier molecular flexibility index (Phi) is 7.73. The molecule has 0 saturated heterocycles. The maximum absolute atomic E-state index is 8.58. The van der Waals surface area contributed by atoms with Crippen LogP contribution in [0.2, 0.25) is 0 Å². The van der Waals surface area contributed by atoms with Crippen molar-refractivity contribution < 1.29 is 9.05 Å². The molecule has 0 aromatic carbocycles. The molecule has 2 aromatic heterocycles. The Bertz CT molecular complexity index is 690. The number of nitrogens with zero attached hydrogens (tertiary/aromatic N) is 3. The van der Waals surface area contributed by atoms with Crippen molar-refractivity contribution in [3.05, 3.63) is 47.8 Å². The first-order valence-electron chi connectivity index (χ1n) is 7.77. The summed E-state index contributed by atoms with van der Waals surface area (Å²) in [5, 5.41) is 11.7. The normalized spacial score (nSPS) is 11.9. The van der Waals surface area contributed by atoms with Crippen LogP contribution in [0, 0.1) is 18.3 Å². The third kappa shape index (κ3) is 5.95. The minimum Gasteiger partial charge on any atom is -0.321 e. The van der Waals surface area contributed by atoms with E-state index < -0.39 is 8.53 Å². The average molecular weight is 344 g/mol. The van der Waals surface area contributed by atoms with Gasteiger partial charge in [-0.1, -0.05) is 6.92 Å². The topological polar surface area (TPSA) is 80.1 Å². The van der Waals surface area contributed by atoms with Gasteiger partial charge >= 0.3 is 0 Å². The molecule has 7 heteroatoms. The Morgan fingerprint density at radius 2 is 1.92 bits per heavy atom. The molecule has 126 valence electrons. The van der Waals surface area contributed by atoms with Crippen LogP contribution < -0.4 is 5.09 Å². The Morgan fingerprint density at radius 1 is 1.17 bits per heavy atom. The van der Waals surface area contributed by atoms with Crippen molar-refractivity contribution >= 4 is 8.53 Å². The number of nitriles is 1. The summed E-state index contributed by atoms with van der Waals surface area (Å²) in [6, 6.07) is 9.90. The van der Waals surface area contributed by atoms with Gasteiger partial charge in [0.15, 0.2) is 0 Å². The van der Waals surface area contributed by atoms with Crippen molar-refractivity contribution in [2.24, 2.45) is 0 Å². The van der Waals surface area contributed by atoms with Crippen molar-refractivity contribution in [2.75, 3.05) is 13.2 Å². The van der Waals surface area contributed by atoms with Crippen LogP contribution in [0.15, 0.2) is 36.7 Å². The molecular formula is C17H21N4O2P. The first-order chi connectivity index (χ1) is 11.7. The van der Waals surface area contributed by atoms with E-state index in [4.69, 9.17) is 14.3 Å². The lowest BCUT2D eigenvalue weighted by atomic mass is 10.1. The molecule has 2 rings (SSSR count). The molecule has 0 radical (unpaired) electrons. The smallest absolute Gasteiger partial charge is 0.256 e. The Balaban J connectivity index is 1.99. The second-order valence-electron chi connectivity index (χ2n) is 5.05. The zero-order valence-electron chi connectivity index (χ0n) is 13.9. The largest absolute Gasteiger partial charge is 0.321 e. The van der Waals surface area contributed by atoms with Gasteiger partial charge in [0.25, 0.3) is 8.53 Å². The minimum atomic E-state index is -1.20. The number of nitrogens with one attached hydrogen (secondary N) is 1. The monoisotopic (exact) mass is 344 g/mol. The summed E-state index contributed by atoms with van der Waals surface area (Å²) in [7, 11) is -1.20. The van der Waals surface area contributed by atoms with Gasteiger partial charge < -0.3 is 9.05 Å². The summed E-state index contributed by atoms with van der Waals surface area (Å²) in [6.45, 7) is 5.53. The zero-order chi connectivity index (χ0) is 17.2. The Labute approximate surface area is 143 Å². The lowest BCUT2D eigenvalue weighted by Gasteiger charge is -2.16. The first-order valence-corrected chi connectivity index (χ1v) is 8.95. The number of hydrogen-bond acceptors (Lipinski definition) is 6. The molecule has 6 nitrogen and oxygen atoms in total.